The zero-order valence-corrected chi connectivity index (χ0v) is 32.9. The van der Waals surface area contributed by atoms with Crippen LogP contribution in [0.15, 0.2) is 12.3 Å². The average Bonchev–Trinajstić information content (AvgIpc) is 3.94. The van der Waals surface area contributed by atoms with Crippen LogP contribution in [0.4, 0.5) is 10.2 Å². The van der Waals surface area contributed by atoms with Crippen LogP contribution in [0.1, 0.15) is 70.8 Å². The lowest BCUT2D eigenvalue weighted by molar-refractivity contribution is -0.237. The van der Waals surface area contributed by atoms with Crippen LogP contribution in [0.3, 0.4) is 0 Å². The van der Waals surface area contributed by atoms with Crippen LogP contribution < -0.4 is 14.4 Å². The van der Waals surface area contributed by atoms with Crippen LogP contribution in [-0.2, 0) is 14.2 Å². The van der Waals surface area contributed by atoms with Gasteiger partial charge < -0.3 is 33.7 Å². The molecule has 2 aliphatic carbocycles. The molecule has 5 aliphatic rings. The Balaban J connectivity index is 1.12. The molecule has 296 valence electrons. The summed E-state index contributed by atoms with van der Waals surface area (Å²) in [6, 6.07) is 2.57. The van der Waals surface area contributed by atoms with Gasteiger partial charge in [-0.15, -0.1) is 0 Å². The van der Waals surface area contributed by atoms with Crippen molar-refractivity contribution >= 4 is 39.2 Å². The number of fused-ring (bicyclic) bond motifs is 3. The number of pyridine rings is 1. The van der Waals surface area contributed by atoms with Gasteiger partial charge in [-0.05, 0) is 83.9 Å². The van der Waals surface area contributed by atoms with E-state index in [1.54, 1.807) is 13.1 Å². The number of aromatic amines is 1. The van der Waals surface area contributed by atoms with Crippen molar-refractivity contribution < 1.29 is 33.2 Å². The van der Waals surface area contributed by atoms with Crippen molar-refractivity contribution in [3.8, 4) is 23.1 Å². The summed E-state index contributed by atoms with van der Waals surface area (Å²) in [6.07, 6.45) is 10.1. The van der Waals surface area contributed by atoms with Crippen LogP contribution in [-0.4, -0.2) is 124 Å². The summed E-state index contributed by atoms with van der Waals surface area (Å²) < 4.78 is 48.4. The molecule has 15 heteroatoms. The summed E-state index contributed by atoms with van der Waals surface area (Å²) in [5.41, 5.74) is 0.251. The SMILES string of the molecule is CCO[C@@H]1CC(N2CCC[C@@]3(COc4nc(N5CCOC[C@@](C)(O)C5)c5c(OC)nc(-c6c(Cl)c(C)cc7[nH]ncc67)c(F)c5n4)CCC[C@@H]23)[C@]12CCCO2. The molecule has 13 nitrogen and oxygen atoms in total. The molecule has 4 aromatic rings. The molecule has 9 rings (SSSR count). The number of anilines is 1. The van der Waals surface area contributed by atoms with E-state index in [1.165, 1.54) is 7.11 Å². The third-order valence-electron chi connectivity index (χ3n) is 13.0. The van der Waals surface area contributed by atoms with Crippen LogP contribution in [0.5, 0.6) is 11.9 Å². The van der Waals surface area contributed by atoms with Crippen molar-refractivity contribution in [3.63, 3.8) is 0 Å². The number of piperidine rings is 1. The molecule has 1 unspecified atom stereocenters. The fraction of sp³-hybridized carbons (Fsp3) is 0.650. The minimum Gasteiger partial charge on any atom is -0.480 e. The molecule has 0 bridgehead atoms. The van der Waals surface area contributed by atoms with Gasteiger partial charge >= 0.3 is 6.01 Å². The summed E-state index contributed by atoms with van der Waals surface area (Å²) in [5, 5.41) is 19.6. The number of nitrogens with one attached hydrogen (secondary N) is 1. The summed E-state index contributed by atoms with van der Waals surface area (Å²) in [4.78, 5) is 19.1. The summed E-state index contributed by atoms with van der Waals surface area (Å²) in [7, 11) is 1.48. The van der Waals surface area contributed by atoms with E-state index < -0.39 is 11.4 Å². The highest BCUT2D eigenvalue weighted by atomic mass is 35.5. The van der Waals surface area contributed by atoms with Crippen molar-refractivity contribution in [1.82, 2.24) is 30.0 Å². The molecule has 0 amide bonds. The number of aryl methyl sites for hydroxylation is 1. The lowest BCUT2D eigenvalue weighted by Gasteiger charge is -2.60. The largest absolute Gasteiger partial charge is 0.480 e. The zero-order valence-electron chi connectivity index (χ0n) is 32.1. The first-order valence-electron chi connectivity index (χ1n) is 19.8. The Hall–Kier alpha value is -3.40. The second-order valence-corrected chi connectivity index (χ2v) is 16.9. The molecule has 5 fully saturated rings. The molecule has 1 aromatic carbocycles. The quantitative estimate of drug-likeness (QED) is 0.206. The molecule has 3 aliphatic heterocycles. The van der Waals surface area contributed by atoms with Crippen LogP contribution in [0.25, 0.3) is 33.1 Å². The van der Waals surface area contributed by atoms with Crippen molar-refractivity contribution in [2.75, 3.05) is 64.7 Å². The monoisotopic (exact) mass is 779 g/mol. The fourth-order valence-corrected chi connectivity index (χ4v) is 10.8. The topological polar surface area (TPSA) is 140 Å². The molecule has 6 heterocycles. The van der Waals surface area contributed by atoms with Gasteiger partial charge in [-0.3, -0.25) is 10.00 Å². The summed E-state index contributed by atoms with van der Waals surface area (Å²) in [5.74, 6) is -0.210. The van der Waals surface area contributed by atoms with Gasteiger partial charge in [-0.25, -0.2) is 9.37 Å². The van der Waals surface area contributed by atoms with E-state index in [9.17, 15) is 5.11 Å². The molecule has 0 radical (unpaired) electrons. The van der Waals surface area contributed by atoms with E-state index in [2.05, 4.69) is 22.0 Å². The maximum absolute atomic E-state index is 17.3. The maximum Gasteiger partial charge on any atom is 0.319 e. The Labute approximate surface area is 325 Å². The van der Waals surface area contributed by atoms with Gasteiger partial charge in [0, 0.05) is 48.2 Å². The number of methoxy groups -OCH3 is 1. The van der Waals surface area contributed by atoms with E-state index in [-0.39, 0.29) is 58.8 Å². The highest BCUT2D eigenvalue weighted by Crippen LogP contribution is 2.55. The Kier molecular flexibility index (Phi) is 9.61. The molecule has 2 N–H and O–H groups in total. The number of aliphatic hydroxyl groups is 1. The predicted molar refractivity (Wildman–Crippen MR) is 206 cm³/mol. The number of rotatable bonds is 9. The number of halogens is 2. The number of hydrogen-bond acceptors (Lipinski definition) is 12. The molecule has 3 aromatic heterocycles. The van der Waals surface area contributed by atoms with Gasteiger partial charge in [0.2, 0.25) is 5.88 Å². The second-order valence-electron chi connectivity index (χ2n) is 16.5. The van der Waals surface area contributed by atoms with Crippen LogP contribution in [0.2, 0.25) is 5.02 Å². The zero-order chi connectivity index (χ0) is 38.1. The molecule has 55 heavy (non-hydrogen) atoms. The van der Waals surface area contributed by atoms with Gasteiger partial charge in [0.15, 0.2) is 5.82 Å². The van der Waals surface area contributed by atoms with Gasteiger partial charge in [0.25, 0.3) is 0 Å². The first-order chi connectivity index (χ1) is 26.6. The number of benzene rings is 1. The molecule has 6 atom stereocenters. The van der Waals surface area contributed by atoms with E-state index >= 15 is 4.39 Å². The van der Waals surface area contributed by atoms with Crippen molar-refractivity contribution in [2.45, 2.75) is 102 Å². The Morgan fingerprint density at radius 1 is 1.11 bits per heavy atom. The maximum atomic E-state index is 17.3. The summed E-state index contributed by atoms with van der Waals surface area (Å²) in [6.45, 7) is 9.58. The minimum absolute atomic E-state index is 0.0108. The first-order valence-corrected chi connectivity index (χ1v) is 20.2. The van der Waals surface area contributed by atoms with Gasteiger partial charge in [0.05, 0.1) is 56.3 Å². The molecule has 1 spiro atoms. The smallest absolute Gasteiger partial charge is 0.319 e. The van der Waals surface area contributed by atoms with Crippen LogP contribution in [0, 0.1) is 18.2 Å². The number of ether oxygens (including phenoxy) is 5. The Bertz CT molecular complexity index is 2090. The average molecular weight is 780 g/mol. The van der Waals surface area contributed by atoms with E-state index in [1.807, 2.05) is 17.9 Å². The standard InChI is InChI=1S/C40H51ClFN7O6/c1-5-53-28-18-27(40(28)12-8-15-55-40)49-13-7-11-39(10-6-9-26(39)49)22-54-37-45-34-30(35(46-37)48-14-16-52-21-38(3,50)20-48)36(51-4)44-33(32(34)42)29-24-19-43-47-25(24)17-23(2)31(29)41/h17,19,26-28,50H,5-16,18,20-22H2,1-4H3,(H,43,47)/t26-,27?,28-,38+,39-,40-/m1/s1. The van der Waals surface area contributed by atoms with E-state index in [0.717, 1.165) is 70.1 Å². The number of H-pyrrole nitrogens is 1. The number of nitrogens with zero attached hydrogens (tertiary/aromatic N) is 6. The molecule has 3 saturated heterocycles. The van der Waals surface area contributed by atoms with E-state index in [0.29, 0.717) is 65.8 Å². The van der Waals surface area contributed by atoms with Crippen LogP contribution >= 0.6 is 11.6 Å². The normalized spacial score (nSPS) is 31.3. The molecule has 2 saturated carbocycles. The summed E-state index contributed by atoms with van der Waals surface area (Å²) >= 11 is 6.90. The Morgan fingerprint density at radius 3 is 2.76 bits per heavy atom. The number of hydrogen-bond donors (Lipinski definition) is 2. The lowest BCUT2D eigenvalue weighted by Crippen LogP contribution is -2.73. The van der Waals surface area contributed by atoms with Gasteiger partial charge in [-0.2, -0.15) is 15.1 Å². The third kappa shape index (κ3) is 6.13. The van der Waals surface area contributed by atoms with Gasteiger partial charge in [-0.1, -0.05) is 18.0 Å². The van der Waals surface area contributed by atoms with Gasteiger partial charge in [0.1, 0.15) is 33.6 Å². The minimum atomic E-state index is -1.19. The Morgan fingerprint density at radius 2 is 1.96 bits per heavy atom. The molecular weight excluding hydrogens is 729 g/mol. The highest BCUT2D eigenvalue weighted by molar-refractivity contribution is 6.35. The second kappa shape index (κ2) is 14.2. The van der Waals surface area contributed by atoms with E-state index in [4.69, 9.17) is 50.2 Å². The fourth-order valence-electron chi connectivity index (χ4n) is 10.5. The van der Waals surface area contributed by atoms with Crippen molar-refractivity contribution in [2.24, 2.45) is 5.41 Å². The lowest BCUT2D eigenvalue weighted by atomic mass is 9.66. The third-order valence-corrected chi connectivity index (χ3v) is 13.5. The first kappa shape index (κ1) is 37.2. The number of β-amino-alcohol motifs (C(OH)–C–C–N with tert-alkyl or cyclic N) is 1. The highest BCUT2D eigenvalue weighted by Gasteiger charge is 2.63. The number of aromatic nitrogens is 5. The van der Waals surface area contributed by atoms with Crippen molar-refractivity contribution in [3.05, 3.63) is 28.7 Å². The number of likely N-dealkylation sites (tertiary alicyclic amines) is 1. The molecular formula is C40H51ClFN7O6. The predicted octanol–water partition coefficient (Wildman–Crippen LogP) is 6.01. The van der Waals surface area contributed by atoms with Crippen molar-refractivity contribution in [1.29, 1.82) is 0 Å².